The van der Waals surface area contributed by atoms with Crippen LogP contribution >= 0.6 is 0 Å². The minimum Gasteiger partial charge on any atom is -0.388 e. The molecule has 0 aliphatic heterocycles. The van der Waals surface area contributed by atoms with Crippen LogP contribution in [0.1, 0.15) is 33.6 Å². The first-order chi connectivity index (χ1) is 4.54. The molecule has 1 atom stereocenters. The number of aliphatic hydroxyl groups excluding tert-OH is 1. The first-order valence-corrected chi connectivity index (χ1v) is 3.89. The van der Waals surface area contributed by atoms with Gasteiger partial charge in [0.1, 0.15) is 0 Å². The monoisotopic (exact) mass is 140 g/mol. The van der Waals surface area contributed by atoms with Gasteiger partial charge in [0, 0.05) is 0 Å². The number of hydrogen-bond acceptors (Lipinski definition) is 1. The Morgan fingerprint density at radius 3 is 2.60 bits per heavy atom. The molecule has 1 aliphatic rings. The lowest BCUT2D eigenvalue weighted by molar-refractivity contribution is 0.0670. The van der Waals surface area contributed by atoms with E-state index >= 15 is 0 Å². The van der Waals surface area contributed by atoms with Crippen LogP contribution in [0.2, 0.25) is 0 Å². The van der Waals surface area contributed by atoms with E-state index in [1.807, 2.05) is 6.92 Å². The van der Waals surface area contributed by atoms with Gasteiger partial charge in [-0.3, -0.25) is 0 Å². The SMILES string of the molecule is CC1=CCCC(C)(C)C1O. The van der Waals surface area contributed by atoms with Gasteiger partial charge >= 0.3 is 0 Å². The van der Waals surface area contributed by atoms with Gasteiger partial charge in [-0.1, -0.05) is 19.9 Å². The second kappa shape index (κ2) is 2.39. The van der Waals surface area contributed by atoms with Gasteiger partial charge < -0.3 is 5.11 Å². The van der Waals surface area contributed by atoms with Gasteiger partial charge in [-0.25, -0.2) is 0 Å². The molecule has 0 aromatic rings. The Balaban J connectivity index is 2.78. The summed E-state index contributed by atoms with van der Waals surface area (Å²) in [6.07, 6.45) is 4.14. The van der Waals surface area contributed by atoms with Crippen LogP contribution in [0.3, 0.4) is 0 Å². The van der Waals surface area contributed by atoms with E-state index < -0.39 is 0 Å². The Hall–Kier alpha value is -0.300. The molecule has 0 heterocycles. The predicted molar refractivity (Wildman–Crippen MR) is 42.8 cm³/mol. The van der Waals surface area contributed by atoms with Crippen molar-refractivity contribution in [3.05, 3.63) is 11.6 Å². The van der Waals surface area contributed by atoms with E-state index in [0.29, 0.717) is 0 Å². The van der Waals surface area contributed by atoms with Crippen LogP contribution in [-0.2, 0) is 0 Å². The normalized spacial score (nSPS) is 31.6. The zero-order valence-corrected chi connectivity index (χ0v) is 7.02. The third-order valence-corrected chi connectivity index (χ3v) is 2.43. The van der Waals surface area contributed by atoms with E-state index in [1.54, 1.807) is 0 Å². The summed E-state index contributed by atoms with van der Waals surface area (Å²) in [5.41, 5.74) is 1.23. The molecule has 1 unspecified atom stereocenters. The molecule has 0 amide bonds. The molecule has 0 saturated heterocycles. The van der Waals surface area contributed by atoms with Crippen molar-refractivity contribution in [2.24, 2.45) is 5.41 Å². The molecular formula is C9H16O. The summed E-state index contributed by atoms with van der Waals surface area (Å²) in [5, 5.41) is 9.64. The smallest absolute Gasteiger partial charge is 0.0798 e. The second-order valence-electron chi connectivity index (χ2n) is 3.88. The highest BCUT2D eigenvalue weighted by molar-refractivity contribution is 5.12. The van der Waals surface area contributed by atoms with Gasteiger partial charge in [0.05, 0.1) is 6.10 Å². The van der Waals surface area contributed by atoms with Crippen LogP contribution in [0.5, 0.6) is 0 Å². The standard InChI is InChI=1S/C9H16O/c1-7-5-4-6-9(2,3)8(7)10/h5,8,10H,4,6H2,1-3H3. The van der Waals surface area contributed by atoms with E-state index in [1.165, 1.54) is 0 Å². The molecule has 0 bridgehead atoms. The van der Waals surface area contributed by atoms with E-state index in [2.05, 4.69) is 19.9 Å². The van der Waals surface area contributed by atoms with Crippen molar-refractivity contribution in [1.29, 1.82) is 0 Å². The molecule has 0 aromatic heterocycles. The fraction of sp³-hybridized carbons (Fsp3) is 0.778. The molecule has 1 rings (SSSR count). The summed E-state index contributed by atoms with van der Waals surface area (Å²) in [6, 6.07) is 0. The van der Waals surface area contributed by atoms with Gasteiger partial charge in [0.25, 0.3) is 0 Å². The van der Waals surface area contributed by atoms with Gasteiger partial charge in [-0.05, 0) is 30.8 Å². The van der Waals surface area contributed by atoms with E-state index in [0.717, 1.165) is 18.4 Å². The van der Waals surface area contributed by atoms with Crippen molar-refractivity contribution in [1.82, 2.24) is 0 Å². The van der Waals surface area contributed by atoms with Crippen LogP contribution in [0.15, 0.2) is 11.6 Å². The number of rotatable bonds is 0. The topological polar surface area (TPSA) is 20.2 Å². The molecule has 1 heteroatoms. The molecule has 0 aromatic carbocycles. The molecule has 0 spiro atoms. The van der Waals surface area contributed by atoms with Crippen molar-refractivity contribution in [2.75, 3.05) is 0 Å². The Bertz CT molecular complexity index is 156. The minimum atomic E-state index is -0.221. The molecular weight excluding hydrogens is 124 g/mol. The number of hydrogen-bond donors (Lipinski definition) is 1. The number of aliphatic hydroxyl groups is 1. The highest BCUT2D eigenvalue weighted by Crippen LogP contribution is 2.34. The van der Waals surface area contributed by atoms with Crippen molar-refractivity contribution in [3.8, 4) is 0 Å². The van der Waals surface area contributed by atoms with Crippen LogP contribution in [0.4, 0.5) is 0 Å². The van der Waals surface area contributed by atoms with Crippen LogP contribution in [0, 0.1) is 5.41 Å². The molecule has 10 heavy (non-hydrogen) atoms. The Labute approximate surface area is 62.8 Å². The largest absolute Gasteiger partial charge is 0.388 e. The second-order valence-corrected chi connectivity index (χ2v) is 3.88. The lowest BCUT2D eigenvalue weighted by Crippen LogP contribution is -2.32. The maximum atomic E-state index is 9.64. The highest BCUT2D eigenvalue weighted by Gasteiger charge is 2.30. The maximum Gasteiger partial charge on any atom is 0.0798 e. The van der Waals surface area contributed by atoms with Gasteiger partial charge in [0.15, 0.2) is 0 Å². The van der Waals surface area contributed by atoms with E-state index in [4.69, 9.17) is 0 Å². The Morgan fingerprint density at radius 1 is 1.60 bits per heavy atom. The van der Waals surface area contributed by atoms with Crippen LogP contribution < -0.4 is 0 Å². The molecule has 1 nitrogen and oxygen atoms in total. The van der Waals surface area contributed by atoms with Gasteiger partial charge in [0.2, 0.25) is 0 Å². The first kappa shape index (κ1) is 7.80. The summed E-state index contributed by atoms with van der Waals surface area (Å²) in [4.78, 5) is 0. The average molecular weight is 140 g/mol. The minimum absolute atomic E-state index is 0.0961. The summed E-state index contributed by atoms with van der Waals surface area (Å²) >= 11 is 0. The van der Waals surface area contributed by atoms with Crippen LogP contribution in [0.25, 0.3) is 0 Å². The zero-order chi connectivity index (χ0) is 7.78. The van der Waals surface area contributed by atoms with Crippen LogP contribution in [-0.4, -0.2) is 11.2 Å². The zero-order valence-electron chi connectivity index (χ0n) is 7.02. The molecule has 1 aliphatic carbocycles. The Morgan fingerprint density at radius 2 is 2.20 bits per heavy atom. The first-order valence-electron chi connectivity index (χ1n) is 3.89. The van der Waals surface area contributed by atoms with E-state index in [9.17, 15) is 5.11 Å². The van der Waals surface area contributed by atoms with Gasteiger partial charge in [-0.15, -0.1) is 0 Å². The summed E-state index contributed by atoms with van der Waals surface area (Å²) in [7, 11) is 0. The molecule has 1 N–H and O–H groups in total. The van der Waals surface area contributed by atoms with E-state index in [-0.39, 0.29) is 11.5 Å². The average Bonchev–Trinajstić information content (AvgIpc) is 1.83. The molecule has 0 fully saturated rings. The summed E-state index contributed by atoms with van der Waals surface area (Å²) in [5.74, 6) is 0. The van der Waals surface area contributed by atoms with Crippen molar-refractivity contribution < 1.29 is 5.11 Å². The lowest BCUT2D eigenvalue weighted by Gasteiger charge is -2.34. The molecule has 0 radical (unpaired) electrons. The third-order valence-electron chi connectivity index (χ3n) is 2.43. The molecule has 58 valence electrons. The van der Waals surface area contributed by atoms with Gasteiger partial charge in [-0.2, -0.15) is 0 Å². The summed E-state index contributed by atoms with van der Waals surface area (Å²) in [6.45, 7) is 6.24. The Kier molecular flexibility index (Phi) is 1.86. The third kappa shape index (κ3) is 1.24. The fourth-order valence-corrected chi connectivity index (χ4v) is 1.54. The molecule has 0 saturated carbocycles. The van der Waals surface area contributed by atoms with Crippen molar-refractivity contribution in [3.63, 3.8) is 0 Å². The maximum absolute atomic E-state index is 9.64. The highest BCUT2D eigenvalue weighted by atomic mass is 16.3. The number of allylic oxidation sites excluding steroid dienone is 1. The van der Waals surface area contributed by atoms with Crippen molar-refractivity contribution in [2.45, 2.75) is 39.7 Å². The quantitative estimate of drug-likeness (QED) is 0.511. The fourth-order valence-electron chi connectivity index (χ4n) is 1.54. The lowest BCUT2D eigenvalue weighted by atomic mass is 9.75. The van der Waals surface area contributed by atoms with Crippen molar-refractivity contribution >= 4 is 0 Å². The predicted octanol–water partition coefficient (Wildman–Crippen LogP) is 2.11. The summed E-state index contributed by atoms with van der Waals surface area (Å²) < 4.78 is 0.